The highest BCUT2D eigenvalue weighted by atomic mass is 32.1. The summed E-state index contributed by atoms with van der Waals surface area (Å²) >= 11 is 1.31. The maximum atomic E-state index is 11.6. The number of esters is 1. The monoisotopic (exact) mass is 322 g/mol. The predicted molar refractivity (Wildman–Crippen MR) is 79.1 cm³/mol. The van der Waals surface area contributed by atoms with Crippen LogP contribution in [0.2, 0.25) is 0 Å². The molecule has 0 saturated carbocycles. The van der Waals surface area contributed by atoms with Crippen LogP contribution in [0.4, 0.5) is 0 Å². The summed E-state index contributed by atoms with van der Waals surface area (Å²) in [7, 11) is 1.32. The number of ether oxygens (including phenoxy) is 3. The van der Waals surface area contributed by atoms with Crippen molar-refractivity contribution in [2.45, 2.75) is 13.5 Å². The highest BCUT2D eigenvalue weighted by Gasteiger charge is 2.17. The third kappa shape index (κ3) is 2.69. The molecule has 0 atom stereocenters. The van der Waals surface area contributed by atoms with Crippen LogP contribution in [0, 0.1) is 0 Å². The Kier molecular flexibility index (Phi) is 3.84. The largest absolute Gasteiger partial charge is 0.486 e. The molecule has 0 radical (unpaired) electrons. The van der Waals surface area contributed by atoms with Crippen LogP contribution < -0.4 is 14.3 Å². The van der Waals surface area contributed by atoms with Crippen molar-refractivity contribution in [2.24, 2.45) is 4.99 Å². The van der Waals surface area contributed by atoms with Crippen LogP contribution in [0.15, 0.2) is 17.1 Å². The molecule has 3 rings (SSSR count). The third-order valence-corrected chi connectivity index (χ3v) is 4.16. The van der Waals surface area contributed by atoms with E-state index >= 15 is 0 Å². The number of carbonyl (C=O) groups excluding carboxylic acids is 2. The van der Waals surface area contributed by atoms with Crippen LogP contribution in [0.25, 0.3) is 10.2 Å². The van der Waals surface area contributed by atoms with Crippen molar-refractivity contribution in [2.75, 3.05) is 20.3 Å². The Hall–Kier alpha value is -2.35. The van der Waals surface area contributed by atoms with Crippen molar-refractivity contribution in [3.05, 3.63) is 16.9 Å². The fraction of sp³-hybridized carbons (Fsp3) is 0.357. The molecule has 1 aliphatic rings. The Labute approximate surface area is 129 Å². The van der Waals surface area contributed by atoms with Crippen molar-refractivity contribution in [3.63, 3.8) is 0 Å². The highest BCUT2D eigenvalue weighted by Crippen LogP contribution is 2.35. The standard InChI is InChI=1S/C14H14N2O5S/c1-8(17)15-14-16(7-13(18)19-2)9-5-10-11(6-12(9)22-14)21-4-3-20-10/h5-6H,3-4,7H2,1-2H3. The van der Waals surface area contributed by atoms with Gasteiger partial charge >= 0.3 is 5.97 Å². The first-order valence-electron chi connectivity index (χ1n) is 6.63. The summed E-state index contributed by atoms with van der Waals surface area (Å²) in [6.45, 7) is 2.31. The first-order valence-corrected chi connectivity index (χ1v) is 7.45. The summed E-state index contributed by atoms with van der Waals surface area (Å²) in [6, 6.07) is 3.63. The van der Waals surface area contributed by atoms with Crippen molar-refractivity contribution < 1.29 is 23.8 Å². The van der Waals surface area contributed by atoms with Gasteiger partial charge in [0, 0.05) is 19.1 Å². The van der Waals surface area contributed by atoms with Gasteiger partial charge in [-0.05, 0) is 0 Å². The molecule has 7 nitrogen and oxygen atoms in total. The van der Waals surface area contributed by atoms with Gasteiger partial charge in [-0.25, -0.2) is 0 Å². The van der Waals surface area contributed by atoms with E-state index in [9.17, 15) is 9.59 Å². The number of rotatable bonds is 2. The smallest absolute Gasteiger partial charge is 0.325 e. The van der Waals surface area contributed by atoms with E-state index in [4.69, 9.17) is 14.2 Å². The molecule has 0 bridgehead atoms. The van der Waals surface area contributed by atoms with Gasteiger partial charge in [0.25, 0.3) is 0 Å². The molecular weight excluding hydrogens is 308 g/mol. The Morgan fingerprint density at radius 2 is 2.00 bits per heavy atom. The van der Waals surface area contributed by atoms with Gasteiger partial charge in [0.1, 0.15) is 19.8 Å². The average molecular weight is 322 g/mol. The molecule has 0 N–H and O–H groups in total. The molecule has 8 heteroatoms. The number of hydrogen-bond donors (Lipinski definition) is 0. The first-order chi connectivity index (χ1) is 10.6. The topological polar surface area (TPSA) is 79.1 Å². The van der Waals surface area contributed by atoms with E-state index in [2.05, 4.69) is 4.99 Å². The summed E-state index contributed by atoms with van der Waals surface area (Å²) in [6.07, 6.45) is 0. The van der Waals surface area contributed by atoms with Gasteiger partial charge in [-0.2, -0.15) is 4.99 Å². The van der Waals surface area contributed by atoms with Crippen LogP contribution >= 0.6 is 11.3 Å². The molecule has 1 aliphatic heterocycles. The van der Waals surface area contributed by atoms with Crippen LogP contribution in [-0.2, 0) is 20.9 Å². The number of benzene rings is 1. The SMILES string of the molecule is COC(=O)Cn1c(=NC(C)=O)sc2cc3c(cc21)OCCO3. The lowest BCUT2D eigenvalue weighted by molar-refractivity contribution is -0.141. The van der Waals surface area contributed by atoms with E-state index in [0.29, 0.717) is 29.5 Å². The first kappa shape index (κ1) is 14.6. The number of thiazole rings is 1. The lowest BCUT2D eigenvalue weighted by atomic mass is 10.2. The molecule has 22 heavy (non-hydrogen) atoms. The summed E-state index contributed by atoms with van der Waals surface area (Å²) < 4.78 is 18.3. The molecular formula is C14H14N2O5S. The Morgan fingerprint density at radius 3 is 2.64 bits per heavy atom. The minimum Gasteiger partial charge on any atom is -0.486 e. The van der Waals surface area contributed by atoms with Crippen molar-refractivity contribution in [1.82, 2.24) is 4.57 Å². The molecule has 0 spiro atoms. The average Bonchev–Trinajstić information content (AvgIpc) is 2.81. The minimum absolute atomic E-state index is 0.0255. The van der Waals surface area contributed by atoms with Crippen LogP contribution in [0.3, 0.4) is 0 Å². The van der Waals surface area contributed by atoms with E-state index < -0.39 is 5.97 Å². The lowest BCUT2D eigenvalue weighted by Gasteiger charge is -2.18. The van der Waals surface area contributed by atoms with Gasteiger partial charge in [-0.3, -0.25) is 9.59 Å². The summed E-state index contributed by atoms with van der Waals surface area (Å²) in [4.78, 5) is 27.3. The van der Waals surface area contributed by atoms with E-state index in [1.165, 1.54) is 25.4 Å². The predicted octanol–water partition coefficient (Wildman–Crippen LogP) is 1.09. The number of methoxy groups -OCH3 is 1. The lowest BCUT2D eigenvalue weighted by Crippen LogP contribution is -2.22. The zero-order chi connectivity index (χ0) is 15.7. The Bertz CT molecular complexity index is 820. The van der Waals surface area contributed by atoms with Crippen LogP contribution in [0.5, 0.6) is 11.5 Å². The second-order valence-corrected chi connectivity index (χ2v) is 5.65. The fourth-order valence-electron chi connectivity index (χ4n) is 2.17. The molecule has 0 unspecified atom stereocenters. The Balaban J connectivity index is 2.22. The van der Waals surface area contributed by atoms with Crippen molar-refractivity contribution in [3.8, 4) is 11.5 Å². The number of carbonyl (C=O) groups is 2. The zero-order valence-corrected chi connectivity index (χ0v) is 12.9. The van der Waals surface area contributed by atoms with Gasteiger partial charge < -0.3 is 18.8 Å². The van der Waals surface area contributed by atoms with Gasteiger partial charge in [0.05, 0.1) is 17.3 Å². The third-order valence-electron chi connectivity index (χ3n) is 3.11. The number of nitrogens with zero attached hydrogens (tertiary/aromatic N) is 2. The van der Waals surface area contributed by atoms with Gasteiger partial charge in [-0.1, -0.05) is 11.3 Å². The molecule has 116 valence electrons. The summed E-state index contributed by atoms with van der Waals surface area (Å²) in [5.41, 5.74) is 0.750. The van der Waals surface area contributed by atoms with Gasteiger partial charge in [0.2, 0.25) is 5.91 Å². The number of fused-ring (bicyclic) bond motifs is 2. The molecule has 2 heterocycles. The summed E-state index contributed by atoms with van der Waals surface area (Å²) in [5.74, 6) is 0.520. The van der Waals surface area contributed by atoms with Crippen molar-refractivity contribution >= 4 is 33.4 Å². The second kappa shape index (κ2) is 5.80. The van der Waals surface area contributed by atoms with E-state index in [0.717, 1.165) is 10.2 Å². The summed E-state index contributed by atoms with van der Waals surface area (Å²) in [5, 5.41) is 0. The number of hydrogen-bond acceptors (Lipinski definition) is 6. The quantitative estimate of drug-likeness (QED) is 0.774. The molecule has 0 fully saturated rings. The zero-order valence-electron chi connectivity index (χ0n) is 12.1. The molecule has 0 aliphatic carbocycles. The van der Waals surface area contributed by atoms with E-state index in [1.54, 1.807) is 10.6 Å². The number of aromatic nitrogens is 1. The van der Waals surface area contributed by atoms with Crippen LogP contribution in [0.1, 0.15) is 6.92 Å². The van der Waals surface area contributed by atoms with Gasteiger partial charge in [-0.15, -0.1) is 0 Å². The molecule has 1 amide bonds. The highest BCUT2D eigenvalue weighted by molar-refractivity contribution is 7.16. The van der Waals surface area contributed by atoms with Crippen LogP contribution in [-0.4, -0.2) is 36.8 Å². The van der Waals surface area contributed by atoms with E-state index in [-0.39, 0.29) is 12.5 Å². The van der Waals surface area contributed by atoms with Gasteiger partial charge in [0.15, 0.2) is 16.3 Å². The minimum atomic E-state index is -0.417. The normalized spacial score (nSPS) is 14.2. The molecule has 2 aromatic rings. The fourth-order valence-corrected chi connectivity index (χ4v) is 3.26. The second-order valence-electron chi connectivity index (χ2n) is 4.64. The Morgan fingerprint density at radius 1 is 1.32 bits per heavy atom. The molecule has 1 aromatic heterocycles. The van der Waals surface area contributed by atoms with Crippen molar-refractivity contribution in [1.29, 1.82) is 0 Å². The maximum Gasteiger partial charge on any atom is 0.325 e. The maximum absolute atomic E-state index is 11.6. The molecule has 1 aromatic carbocycles. The number of amides is 1. The molecule has 0 saturated heterocycles. The van der Waals surface area contributed by atoms with E-state index in [1.807, 2.05) is 6.07 Å².